The van der Waals surface area contributed by atoms with Gasteiger partial charge in [-0.25, -0.2) is 4.98 Å². The first-order valence-electron chi connectivity index (χ1n) is 7.64. The summed E-state index contributed by atoms with van der Waals surface area (Å²) < 4.78 is 0. The average Bonchev–Trinajstić information content (AvgIpc) is 2.49. The second-order valence-corrected chi connectivity index (χ2v) is 5.14. The highest BCUT2D eigenvalue weighted by Crippen LogP contribution is 2.10. The Kier molecular flexibility index (Phi) is 7.70. The minimum Gasteiger partial charge on any atom is -0.360 e. The Morgan fingerprint density at radius 3 is 2.55 bits per heavy atom. The maximum Gasteiger partial charge on any atom is 0.252 e. The van der Waals surface area contributed by atoms with E-state index in [4.69, 9.17) is 0 Å². The SMILES string of the molecule is CCCCCNC(=O)c1ccc(N(C)CCCC)nc1. The molecule has 1 rings (SSSR count). The molecule has 0 fully saturated rings. The zero-order valence-electron chi connectivity index (χ0n) is 13.0. The van der Waals surface area contributed by atoms with Crippen LogP contribution in [0.3, 0.4) is 0 Å². The number of nitrogens with one attached hydrogen (secondary N) is 1. The lowest BCUT2D eigenvalue weighted by Gasteiger charge is -2.17. The molecule has 0 aliphatic heterocycles. The lowest BCUT2D eigenvalue weighted by atomic mass is 10.2. The van der Waals surface area contributed by atoms with Crippen molar-refractivity contribution in [2.24, 2.45) is 0 Å². The van der Waals surface area contributed by atoms with Gasteiger partial charge in [-0.3, -0.25) is 4.79 Å². The van der Waals surface area contributed by atoms with E-state index in [1.165, 1.54) is 6.42 Å². The molecule has 20 heavy (non-hydrogen) atoms. The summed E-state index contributed by atoms with van der Waals surface area (Å²) in [5, 5.41) is 2.92. The highest BCUT2D eigenvalue weighted by atomic mass is 16.1. The molecule has 1 heterocycles. The number of pyridine rings is 1. The second-order valence-electron chi connectivity index (χ2n) is 5.14. The third-order valence-corrected chi connectivity index (χ3v) is 3.31. The summed E-state index contributed by atoms with van der Waals surface area (Å²) >= 11 is 0. The number of amides is 1. The van der Waals surface area contributed by atoms with Crippen LogP contribution < -0.4 is 10.2 Å². The molecule has 1 amide bonds. The second kappa shape index (κ2) is 9.34. The quantitative estimate of drug-likeness (QED) is 0.705. The smallest absolute Gasteiger partial charge is 0.252 e. The van der Waals surface area contributed by atoms with Crippen LogP contribution in [-0.4, -0.2) is 31.0 Å². The first-order chi connectivity index (χ1) is 9.69. The van der Waals surface area contributed by atoms with Gasteiger partial charge in [0.1, 0.15) is 5.82 Å². The van der Waals surface area contributed by atoms with Crippen LogP contribution in [0.2, 0.25) is 0 Å². The topological polar surface area (TPSA) is 45.2 Å². The van der Waals surface area contributed by atoms with Gasteiger partial charge in [0.15, 0.2) is 0 Å². The predicted molar refractivity (Wildman–Crippen MR) is 84.3 cm³/mol. The standard InChI is InChI=1S/C16H27N3O/c1-4-6-8-11-17-16(20)14-9-10-15(18-13-14)19(3)12-7-5-2/h9-10,13H,4-8,11-12H2,1-3H3,(H,17,20). The zero-order valence-corrected chi connectivity index (χ0v) is 13.0. The first kappa shape index (κ1) is 16.5. The Balaban J connectivity index is 2.46. The molecule has 1 N–H and O–H groups in total. The molecule has 0 saturated carbocycles. The van der Waals surface area contributed by atoms with Crippen molar-refractivity contribution in [1.29, 1.82) is 0 Å². The Bertz CT molecular complexity index is 389. The number of aromatic nitrogens is 1. The van der Waals surface area contributed by atoms with Crippen LogP contribution in [0.15, 0.2) is 18.3 Å². The molecule has 0 saturated heterocycles. The van der Waals surface area contributed by atoms with Crippen molar-refractivity contribution in [3.8, 4) is 0 Å². The Hall–Kier alpha value is -1.58. The van der Waals surface area contributed by atoms with Gasteiger partial charge in [0.25, 0.3) is 5.91 Å². The van der Waals surface area contributed by atoms with Crippen LogP contribution in [0.1, 0.15) is 56.3 Å². The van der Waals surface area contributed by atoms with Gasteiger partial charge in [-0.15, -0.1) is 0 Å². The van der Waals surface area contributed by atoms with Crippen molar-refractivity contribution in [1.82, 2.24) is 10.3 Å². The minimum absolute atomic E-state index is 0.0311. The molecule has 0 spiro atoms. The normalized spacial score (nSPS) is 10.3. The van der Waals surface area contributed by atoms with Gasteiger partial charge in [-0.05, 0) is 25.0 Å². The number of hydrogen-bond acceptors (Lipinski definition) is 3. The number of carbonyl (C=O) groups excluding carboxylic acids is 1. The fourth-order valence-electron chi connectivity index (χ4n) is 1.93. The summed E-state index contributed by atoms with van der Waals surface area (Å²) in [7, 11) is 2.03. The molecule has 4 nitrogen and oxygen atoms in total. The lowest BCUT2D eigenvalue weighted by Crippen LogP contribution is -2.25. The molecular formula is C16H27N3O. The van der Waals surface area contributed by atoms with Crippen LogP contribution in [0.25, 0.3) is 0 Å². The van der Waals surface area contributed by atoms with E-state index in [2.05, 4.69) is 29.0 Å². The van der Waals surface area contributed by atoms with Gasteiger partial charge in [0, 0.05) is 26.3 Å². The van der Waals surface area contributed by atoms with Gasteiger partial charge in [0.05, 0.1) is 5.56 Å². The van der Waals surface area contributed by atoms with Crippen molar-refractivity contribution < 1.29 is 4.79 Å². The van der Waals surface area contributed by atoms with E-state index in [1.807, 2.05) is 19.2 Å². The molecular weight excluding hydrogens is 250 g/mol. The fraction of sp³-hybridized carbons (Fsp3) is 0.625. The van der Waals surface area contributed by atoms with E-state index < -0.39 is 0 Å². The molecule has 0 bridgehead atoms. The van der Waals surface area contributed by atoms with E-state index in [9.17, 15) is 4.79 Å². The molecule has 112 valence electrons. The van der Waals surface area contributed by atoms with Crippen LogP contribution in [0.5, 0.6) is 0 Å². The highest BCUT2D eigenvalue weighted by molar-refractivity contribution is 5.94. The first-order valence-corrected chi connectivity index (χ1v) is 7.64. The molecule has 0 atom stereocenters. The van der Waals surface area contributed by atoms with E-state index in [0.717, 1.165) is 44.6 Å². The fourth-order valence-corrected chi connectivity index (χ4v) is 1.93. The molecule has 0 radical (unpaired) electrons. The molecule has 1 aromatic heterocycles. The van der Waals surface area contributed by atoms with E-state index in [1.54, 1.807) is 6.20 Å². The number of anilines is 1. The summed E-state index contributed by atoms with van der Waals surface area (Å²) in [4.78, 5) is 18.4. The Morgan fingerprint density at radius 2 is 1.95 bits per heavy atom. The molecule has 1 aromatic rings. The molecule has 4 heteroatoms. The van der Waals surface area contributed by atoms with E-state index in [-0.39, 0.29) is 5.91 Å². The highest BCUT2D eigenvalue weighted by Gasteiger charge is 2.07. The van der Waals surface area contributed by atoms with E-state index >= 15 is 0 Å². The molecule has 0 aliphatic carbocycles. The summed E-state index contributed by atoms with van der Waals surface area (Å²) in [6.07, 6.45) is 7.33. The summed E-state index contributed by atoms with van der Waals surface area (Å²) in [5.41, 5.74) is 0.633. The monoisotopic (exact) mass is 277 g/mol. The van der Waals surface area contributed by atoms with Crippen molar-refractivity contribution in [3.63, 3.8) is 0 Å². The lowest BCUT2D eigenvalue weighted by molar-refractivity contribution is 0.0952. The Morgan fingerprint density at radius 1 is 1.20 bits per heavy atom. The van der Waals surface area contributed by atoms with Crippen LogP contribution in [0.4, 0.5) is 5.82 Å². The van der Waals surface area contributed by atoms with Crippen LogP contribution in [-0.2, 0) is 0 Å². The van der Waals surface area contributed by atoms with Crippen molar-refractivity contribution in [3.05, 3.63) is 23.9 Å². The third-order valence-electron chi connectivity index (χ3n) is 3.31. The Labute approximate surface area is 122 Å². The zero-order chi connectivity index (χ0) is 14.8. The van der Waals surface area contributed by atoms with Crippen LogP contribution in [0, 0.1) is 0 Å². The van der Waals surface area contributed by atoms with Gasteiger partial charge >= 0.3 is 0 Å². The van der Waals surface area contributed by atoms with E-state index in [0.29, 0.717) is 5.56 Å². The van der Waals surface area contributed by atoms with Gasteiger partial charge in [-0.1, -0.05) is 33.1 Å². The largest absolute Gasteiger partial charge is 0.360 e. The molecule has 0 aliphatic rings. The summed E-state index contributed by atoms with van der Waals surface area (Å²) in [5.74, 6) is 0.886. The van der Waals surface area contributed by atoms with Crippen molar-refractivity contribution in [2.75, 3.05) is 25.0 Å². The number of carbonyl (C=O) groups is 1. The van der Waals surface area contributed by atoms with Crippen LogP contribution >= 0.6 is 0 Å². The number of hydrogen-bond donors (Lipinski definition) is 1. The average molecular weight is 277 g/mol. The molecule has 0 aromatic carbocycles. The third kappa shape index (κ3) is 5.59. The van der Waals surface area contributed by atoms with Crippen molar-refractivity contribution in [2.45, 2.75) is 46.0 Å². The number of rotatable bonds is 9. The van der Waals surface area contributed by atoms with Gasteiger partial charge in [0.2, 0.25) is 0 Å². The minimum atomic E-state index is -0.0311. The number of nitrogens with zero attached hydrogens (tertiary/aromatic N) is 2. The van der Waals surface area contributed by atoms with Gasteiger partial charge in [-0.2, -0.15) is 0 Å². The maximum atomic E-state index is 11.9. The summed E-state index contributed by atoms with van der Waals surface area (Å²) in [6, 6.07) is 3.76. The number of unbranched alkanes of at least 4 members (excludes halogenated alkanes) is 3. The summed E-state index contributed by atoms with van der Waals surface area (Å²) in [6.45, 7) is 6.06. The van der Waals surface area contributed by atoms with Gasteiger partial charge < -0.3 is 10.2 Å². The molecule has 0 unspecified atom stereocenters. The van der Waals surface area contributed by atoms with Crippen molar-refractivity contribution >= 4 is 11.7 Å². The predicted octanol–water partition coefficient (Wildman–Crippen LogP) is 3.24. The maximum absolute atomic E-state index is 11.9.